The summed E-state index contributed by atoms with van der Waals surface area (Å²) in [5.41, 5.74) is 4.44. The van der Waals surface area contributed by atoms with Gasteiger partial charge < -0.3 is 24.7 Å². The molecule has 0 spiro atoms. The monoisotopic (exact) mass is 489 g/mol. The van der Waals surface area contributed by atoms with Crippen molar-refractivity contribution >= 4 is 34.2 Å². The molecule has 8 heteroatoms. The number of aryl methyl sites for hydroxylation is 2. The molecule has 1 aliphatic rings. The van der Waals surface area contributed by atoms with Crippen LogP contribution in [0.5, 0.6) is 11.5 Å². The van der Waals surface area contributed by atoms with Crippen LogP contribution >= 0.6 is 11.6 Å². The highest BCUT2D eigenvalue weighted by Crippen LogP contribution is 2.33. The number of nitrogens with one attached hydrogen (secondary N) is 2. The number of anilines is 1. The molecule has 0 saturated heterocycles. The predicted molar refractivity (Wildman–Crippen MR) is 136 cm³/mol. The van der Waals surface area contributed by atoms with Gasteiger partial charge in [0.05, 0.1) is 22.8 Å². The number of rotatable bonds is 5. The van der Waals surface area contributed by atoms with Gasteiger partial charge in [-0.3, -0.25) is 4.79 Å². The third-order valence-electron chi connectivity index (χ3n) is 6.09. The molecule has 1 aromatic heterocycles. The van der Waals surface area contributed by atoms with E-state index in [1.807, 2.05) is 50.2 Å². The predicted octanol–water partition coefficient (Wildman–Crippen LogP) is 5.76. The molecule has 0 saturated carbocycles. The lowest BCUT2D eigenvalue weighted by Gasteiger charge is -2.24. The second-order valence-electron chi connectivity index (χ2n) is 8.57. The molecule has 2 amide bonds. The highest BCUT2D eigenvalue weighted by Gasteiger charge is 2.20. The number of urea groups is 1. The van der Waals surface area contributed by atoms with Crippen molar-refractivity contribution in [1.82, 2.24) is 9.88 Å². The van der Waals surface area contributed by atoms with E-state index >= 15 is 0 Å². The highest BCUT2D eigenvalue weighted by atomic mass is 35.5. The number of amides is 2. The van der Waals surface area contributed by atoms with Gasteiger partial charge in [-0.2, -0.15) is 0 Å². The molecule has 178 valence electrons. The number of carbonyl (C=O) groups excluding carboxylic acids is 1. The average Bonchev–Trinajstić information content (AvgIpc) is 3.31. The van der Waals surface area contributed by atoms with Crippen LogP contribution in [0.15, 0.2) is 65.5 Å². The van der Waals surface area contributed by atoms with E-state index in [-0.39, 0.29) is 31.5 Å². The Morgan fingerprint density at radius 1 is 1.00 bits per heavy atom. The number of H-pyrrole nitrogens is 1. The molecule has 0 aliphatic carbocycles. The van der Waals surface area contributed by atoms with E-state index in [4.69, 9.17) is 21.1 Å². The molecule has 0 bridgehead atoms. The fraction of sp³-hybridized carbons (Fsp3) is 0.185. The van der Waals surface area contributed by atoms with E-state index in [9.17, 15) is 9.59 Å². The fourth-order valence-electron chi connectivity index (χ4n) is 4.16. The molecule has 5 rings (SSSR count). The average molecular weight is 490 g/mol. The Bertz CT molecular complexity index is 1500. The molecule has 4 aromatic rings. The smallest absolute Gasteiger partial charge is 0.322 e. The van der Waals surface area contributed by atoms with Crippen molar-refractivity contribution in [1.29, 1.82) is 0 Å². The largest absolute Gasteiger partial charge is 0.454 e. The van der Waals surface area contributed by atoms with Crippen molar-refractivity contribution in [3.8, 4) is 11.5 Å². The Labute approximate surface area is 207 Å². The SMILES string of the molecule is Cc1ccc(C)c2[nH]c(=O)c(CN(Cc3ccc4c(c3)OCO4)C(=O)Nc3ccccc3Cl)cc12. The molecule has 0 atom stereocenters. The first-order chi connectivity index (χ1) is 16.9. The van der Waals surface area contributed by atoms with E-state index in [1.54, 1.807) is 29.2 Å². The van der Waals surface area contributed by atoms with Gasteiger partial charge in [-0.25, -0.2) is 4.79 Å². The molecule has 1 aliphatic heterocycles. The van der Waals surface area contributed by atoms with Gasteiger partial charge in [-0.05, 0) is 60.9 Å². The molecule has 0 fully saturated rings. The van der Waals surface area contributed by atoms with E-state index in [0.29, 0.717) is 27.8 Å². The number of fused-ring (bicyclic) bond motifs is 2. The number of hydrogen-bond acceptors (Lipinski definition) is 4. The minimum absolute atomic E-state index is 0.101. The van der Waals surface area contributed by atoms with Crippen molar-refractivity contribution in [3.63, 3.8) is 0 Å². The van der Waals surface area contributed by atoms with Crippen molar-refractivity contribution < 1.29 is 14.3 Å². The number of pyridine rings is 1. The highest BCUT2D eigenvalue weighted by molar-refractivity contribution is 6.33. The second kappa shape index (κ2) is 9.35. The Balaban J connectivity index is 1.50. The number of halogens is 1. The summed E-state index contributed by atoms with van der Waals surface area (Å²) in [5, 5.41) is 4.25. The molecule has 2 N–H and O–H groups in total. The normalized spacial score (nSPS) is 12.1. The number of hydrogen-bond donors (Lipinski definition) is 2. The zero-order valence-corrected chi connectivity index (χ0v) is 20.1. The molecule has 35 heavy (non-hydrogen) atoms. The third kappa shape index (κ3) is 4.68. The summed E-state index contributed by atoms with van der Waals surface area (Å²) in [5.74, 6) is 1.29. The first-order valence-corrected chi connectivity index (χ1v) is 11.6. The minimum Gasteiger partial charge on any atom is -0.454 e. The minimum atomic E-state index is -0.378. The summed E-state index contributed by atoms with van der Waals surface area (Å²) < 4.78 is 10.9. The number of para-hydroxylation sites is 1. The molecule has 0 unspecified atom stereocenters. The summed E-state index contributed by atoms with van der Waals surface area (Å²) in [6, 6.07) is 18.1. The summed E-state index contributed by atoms with van der Waals surface area (Å²) in [6.07, 6.45) is 0. The van der Waals surface area contributed by atoms with Gasteiger partial charge >= 0.3 is 6.03 Å². The number of aromatic nitrogens is 1. The number of nitrogens with zero attached hydrogens (tertiary/aromatic N) is 1. The van der Waals surface area contributed by atoms with Crippen molar-refractivity contribution in [3.05, 3.63) is 98.3 Å². The Kier molecular flexibility index (Phi) is 6.09. The summed E-state index contributed by atoms with van der Waals surface area (Å²) in [6.45, 7) is 4.47. The van der Waals surface area contributed by atoms with Gasteiger partial charge in [0.1, 0.15) is 0 Å². The van der Waals surface area contributed by atoms with Crippen molar-refractivity contribution in [2.45, 2.75) is 26.9 Å². The van der Waals surface area contributed by atoms with Crippen molar-refractivity contribution in [2.24, 2.45) is 0 Å². The van der Waals surface area contributed by atoms with Crippen LogP contribution in [0.2, 0.25) is 5.02 Å². The molecule has 0 radical (unpaired) electrons. The van der Waals surface area contributed by atoms with Crippen LogP contribution in [0.1, 0.15) is 22.3 Å². The molecule has 2 heterocycles. The van der Waals surface area contributed by atoms with Gasteiger partial charge in [0.25, 0.3) is 5.56 Å². The van der Waals surface area contributed by atoms with Crippen LogP contribution < -0.4 is 20.3 Å². The molecular weight excluding hydrogens is 466 g/mol. The lowest BCUT2D eigenvalue weighted by Crippen LogP contribution is -2.35. The van der Waals surface area contributed by atoms with Gasteiger partial charge in [-0.15, -0.1) is 0 Å². The van der Waals surface area contributed by atoms with Crippen LogP contribution in [0, 0.1) is 13.8 Å². The third-order valence-corrected chi connectivity index (χ3v) is 6.42. The Hall–Kier alpha value is -3.97. The fourth-order valence-corrected chi connectivity index (χ4v) is 4.34. The number of ether oxygens (including phenoxy) is 2. The first-order valence-electron chi connectivity index (χ1n) is 11.2. The maximum atomic E-state index is 13.4. The first kappa shape index (κ1) is 22.8. The van der Waals surface area contributed by atoms with Gasteiger partial charge in [0, 0.05) is 17.5 Å². The van der Waals surface area contributed by atoms with E-state index in [2.05, 4.69) is 10.3 Å². The van der Waals surface area contributed by atoms with Crippen LogP contribution in [-0.4, -0.2) is 22.7 Å². The second-order valence-corrected chi connectivity index (χ2v) is 8.97. The zero-order chi connectivity index (χ0) is 24.5. The molecule has 7 nitrogen and oxygen atoms in total. The maximum absolute atomic E-state index is 13.4. The zero-order valence-electron chi connectivity index (χ0n) is 19.4. The summed E-state index contributed by atoms with van der Waals surface area (Å²) in [4.78, 5) is 31.0. The van der Waals surface area contributed by atoms with Gasteiger partial charge in [0.15, 0.2) is 11.5 Å². The lowest BCUT2D eigenvalue weighted by molar-refractivity contribution is 0.174. The summed E-state index contributed by atoms with van der Waals surface area (Å²) in [7, 11) is 0. The number of aromatic amines is 1. The van der Waals surface area contributed by atoms with E-state index in [1.165, 1.54) is 0 Å². The van der Waals surface area contributed by atoms with Crippen LogP contribution in [0.25, 0.3) is 10.9 Å². The maximum Gasteiger partial charge on any atom is 0.322 e. The lowest BCUT2D eigenvalue weighted by atomic mass is 10.0. The van der Waals surface area contributed by atoms with Gasteiger partial charge in [-0.1, -0.05) is 41.9 Å². The summed E-state index contributed by atoms with van der Waals surface area (Å²) >= 11 is 6.26. The number of benzene rings is 3. The van der Waals surface area contributed by atoms with Crippen LogP contribution in [-0.2, 0) is 13.1 Å². The van der Waals surface area contributed by atoms with Gasteiger partial charge in [0.2, 0.25) is 6.79 Å². The van der Waals surface area contributed by atoms with E-state index < -0.39 is 0 Å². The Morgan fingerprint density at radius 2 is 1.77 bits per heavy atom. The number of carbonyl (C=O) groups is 1. The van der Waals surface area contributed by atoms with E-state index in [0.717, 1.165) is 27.6 Å². The Morgan fingerprint density at radius 3 is 2.60 bits per heavy atom. The molecular formula is C27H24ClN3O4. The molecule has 3 aromatic carbocycles. The van der Waals surface area contributed by atoms with Crippen LogP contribution in [0.3, 0.4) is 0 Å². The quantitative estimate of drug-likeness (QED) is 0.373. The van der Waals surface area contributed by atoms with Crippen LogP contribution in [0.4, 0.5) is 10.5 Å². The van der Waals surface area contributed by atoms with Crippen molar-refractivity contribution in [2.75, 3.05) is 12.1 Å². The topological polar surface area (TPSA) is 83.7 Å². The standard InChI is InChI=1S/C27H24ClN3O4/c1-16-7-8-17(2)25-20(16)12-19(26(32)30-25)14-31(27(33)29-22-6-4-3-5-21(22)28)13-18-9-10-23-24(11-18)35-15-34-23/h3-12H,13-15H2,1-2H3,(H,29,33)(H,30,32).